The Morgan fingerprint density at radius 2 is 1.44 bits per heavy atom. The SMILES string of the molecule is CC[N+](CC)(CC)CCC[n+]1ccccc1. The van der Waals surface area contributed by atoms with Crippen molar-refractivity contribution in [1.29, 1.82) is 0 Å². The average molecular weight is 222 g/mol. The van der Waals surface area contributed by atoms with Crippen LogP contribution in [0.5, 0.6) is 0 Å². The molecule has 0 aromatic carbocycles. The van der Waals surface area contributed by atoms with Gasteiger partial charge in [-0.25, -0.2) is 4.57 Å². The lowest BCUT2D eigenvalue weighted by atomic mass is 10.2. The summed E-state index contributed by atoms with van der Waals surface area (Å²) in [6.45, 7) is 13.1. The molecule has 0 fully saturated rings. The van der Waals surface area contributed by atoms with Crippen molar-refractivity contribution in [2.75, 3.05) is 26.2 Å². The summed E-state index contributed by atoms with van der Waals surface area (Å²) in [7, 11) is 0. The summed E-state index contributed by atoms with van der Waals surface area (Å²) in [5, 5.41) is 0. The average Bonchev–Trinajstić information content (AvgIpc) is 2.37. The molecule has 0 radical (unpaired) electrons. The van der Waals surface area contributed by atoms with Gasteiger partial charge in [0.25, 0.3) is 0 Å². The van der Waals surface area contributed by atoms with E-state index in [1.807, 2.05) is 0 Å². The van der Waals surface area contributed by atoms with E-state index in [0.717, 1.165) is 6.54 Å². The third-order valence-electron chi connectivity index (χ3n) is 3.84. The summed E-state index contributed by atoms with van der Waals surface area (Å²) in [4.78, 5) is 0. The van der Waals surface area contributed by atoms with E-state index in [-0.39, 0.29) is 0 Å². The van der Waals surface area contributed by atoms with Gasteiger partial charge in [0, 0.05) is 12.1 Å². The van der Waals surface area contributed by atoms with Gasteiger partial charge in [-0.3, -0.25) is 0 Å². The Hall–Kier alpha value is -0.890. The van der Waals surface area contributed by atoms with Crippen molar-refractivity contribution >= 4 is 0 Å². The zero-order valence-corrected chi connectivity index (χ0v) is 11.0. The largest absolute Gasteiger partial charge is 0.324 e. The summed E-state index contributed by atoms with van der Waals surface area (Å²) in [6.07, 6.45) is 5.57. The number of rotatable bonds is 7. The van der Waals surface area contributed by atoms with Gasteiger partial charge in [-0.1, -0.05) is 6.07 Å². The van der Waals surface area contributed by atoms with Crippen molar-refractivity contribution in [3.05, 3.63) is 30.6 Å². The van der Waals surface area contributed by atoms with Crippen LogP contribution in [-0.2, 0) is 6.54 Å². The lowest BCUT2D eigenvalue weighted by Crippen LogP contribution is -2.49. The van der Waals surface area contributed by atoms with E-state index in [1.165, 1.54) is 37.1 Å². The molecule has 90 valence electrons. The first kappa shape index (κ1) is 13.2. The van der Waals surface area contributed by atoms with Crippen LogP contribution in [0, 0.1) is 0 Å². The van der Waals surface area contributed by atoms with Crippen molar-refractivity contribution in [3.8, 4) is 0 Å². The van der Waals surface area contributed by atoms with E-state index < -0.39 is 0 Å². The van der Waals surface area contributed by atoms with E-state index in [1.54, 1.807) is 0 Å². The van der Waals surface area contributed by atoms with Crippen molar-refractivity contribution in [1.82, 2.24) is 0 Å². The Morgan fingerprint density at radius 3 is 1.94 bits per heavy atom. The fourth-order valence-electron chi connectivity index (χ4n) is 2.32. The van der Waals surface area contributed by atoms with Crippen molar-refractivity contribution in [2.24, 2.45) is 0 Å². The smallest absolute Gasteiger partial charge is 0.168 e. The predicted molar refractivity (Wildman–Crippen MR) is 68.0 cm³/mol. The van der Waals surface area contributed by atoms with Crippen molar-refractivity contribution < 1.29 is 9.05 Å². The molecule has 0 atom stereocenters. The summed E-state index contributed by atoms with van der Waals surface area (Å²) >= 11 is 0. The third kappa shape index (κ3) is 3.60. The second-order valence-electron chi connectivity index (χ2n) is 4.48. The molecular weight excluding hydrogens is 196 g/mol. The molecule has 0 bridgehead atoms. The second-order valence-corrected chi connectivity index (χ2v) is 4.48. The van der Waals surface area contributed by atoms with Gasteiger partial charge in [-0.05, 0) is 20.8 Å². The predicted octanol–water partition coefficient (Wildman–Crippen LogP) is 2.24. The van der Waals surface area contributed by atoms with Gasteiger partial charge in [0.15, 0.2) is 18.9 Å². The minimum Gasteiger partial charge on any atom is -0.324 e. The highest BCUT2D eigenvalue weighted by molar-refractivity contribution is 4.83. The Labute approximate surface area is 100 Å². The Morgan fingerprint density at radius 1 is 0.875 bits per heavy atom. The maximum Gasteiger partial charge on any atom is 0.168 e. The van der Waals surface area contributed by atoms with Gasteiger partial charge in [0.2, 0.25) is 0 Å². The molecule has 1 rings (SSSR count). The molecular formula is C14H26N2+2. The zero-order chi connectivity index (χ0) is 11.9. The van der Waals surface area contributed by atoms with Crippen molar-refractivity contribution in [3.63, 3.8) is 0 Å². The van der Waals surface area contributed by atoms with Crippen LogP contribution in [0.25, 0.3) is 0 Å². The maximum absolute atomic E-state index is 2.31. The molecule has 0 aliphatic carbocycles. The highest BCUT2D eigenvalue weighted by Crippen LogP contribution is 2.06. The standard InChI is InChI=1S/C14H26N2/c1-4-16(5-2,6-3)14-10-13-15-11-8-7-9-12-15/h7-9,11-12H,4-6,10,13-14H2,1-3H3/q+2. The van der Waals surface area contributed by atoms with Gasteiger partial charge in [-0.15, -0.1) is 0 Å². The van der Waals surface area contributed by atoms with Gasteiger partial charge in [0.05, 0.1) is 32.6 Å². The highest BCUT2D eigenvalue weighted by Gasteiger charge is 2.20. The van der Waals surface area contributed by atoms with E-state index >= 15 is 0 Å². The Bertz CT molecular complexity index is 270. The molecule has 2 nitrogen and oxygen atoms in total. The Balaban J connectivity index is 2.39. The van der Waals surface area contributed by atoms with Crippen LogP contribution in [0.3, 0.4) is 0 Å². The summed E-state index contributed by atoms with van der Waals surface area (Å²) in [6, 6.07) is 6.27. The second kappa shape index (κ2) is 6.64. The normalized spacial score (nSPS) is 11.7. The lowest BCUT2D eigenvalue weighted by Gasteiger charge is -2.35. The van der Waals surface area contributed by atoms with Crippen LogP contribution in [0.1, 0.15) is 27.2 Å². The van der Waals surface area contributed by atoms with Crippen LogP contribution >= 0.6 is 0 Å². The summed E-state index contributed by atoms with van der Waals surface area (Å²) < 4.78 is 3.53. The molecule has 1 aromatic rings. The first-order chi connectivity index (χ1) is 7.76. The number of hydrogen-bond acceptors (Lipinski definition) is 0. The van der Waals surface area contributed by atoms with E-state index in [0.29, 0.717) is 0 Å². The molecule has 1 aromatic heterocycles. The number of quaternary nitrogens is 1. The number of pyridine rings is 1. The van der Waals surface area contributed by atoms with Crippen LogP contribution in [0.15, 0.2) is 30.6 Å². The molecule has 0 spiro atoms. The van der Waals surface area contributed by atoms with E-state index in [2.05, 4.69) is 55.9 Å². The zero-order valence-electron chi connectivity index (χ0n) is 11.0. The number of hydrogen-bond donors (Lipinski definition) is 0. The minimum atomic E-state index is 1.14. The van der Waals surface area contributed by atoms with Gasteiger partial charge >= 0.3 is 0 Å². The van der Waals surface area contributed by atoms with Gasteiger partial charge in [0.1, 0.15) is 0 Å². The first-order valence-corrected chi connectivity index (χ1v) is 6.55. The van der Waals surface area contributed by atoms with E-state index in [9.17, 15) is 0 Å². The summed E-state index contributed by atoms with van der Waals surface area (Å²) in [5.41, 5.74) is 0. The molecule has 0 saturated heterocycles. The molecule has 0 aliphatic rings. The topological polar surface area (TPSA) is 3.88 Å². The third-order valence-corrected chi connectivity index (χ3v) is 3.84. The molecule has 0 saturated carbocycles. The van der Waals surface area contributed by atoms with Crippen LogP contribution in [0.4, 0.5) is 0 Å². The maximum atomic E-state index is 2.31. The van der Waals surface area contributed by atoms with Crippen molar-refractivity contribution in [2.45, 2.75) is 33.7 Å². The molecule has 0 N–H and O–H groups in total. The molecule has 0 aliphatic heterocycles. The highest BCUT2D eigenvalue weighted by atomic mass is 15.3. The molecule has 16 heavy (non-hydrogen) atoms. The van der Waals surface area contributed by atoms with Gasteiger partial charge < -0.3 is 4.48 Å². The number of aromatic nitrogens is 1. The molecule has 2 heteroatoms. The minimum absolute atomic E-state index is 1.14. The molecule has 0 unspecified atom stereocenters. The Kier molecular flexibility index (Phi) is 5.47. The van der Waals surface area contributed by atoms with Gasteiger partial charge in [-0.2, -0.15) is 0 Å². The number of aryl methyl sites for hydroxylation is 1. The monoisotopic (exact) mass is 222 g/mol. The van der Waals surface area contributed by atoms with Crippen LogP contribution in [-0.4, -0.2) is 30.7 Å². The number of nitrogens with zero attached hydrogens (tertiary/aromatic N) is 2. The fraction of sp³-hybridized carbons (Fsp3) is 0.643. The first-order valence-electron chi connectivity index (χ1n) is 6.55. The lowest BCUT2D eigenvalue weighted by molar-refractivity contribution is -0.925. The molecule has 0 amide bonds. The molecule has 1 heterocycles. The summed E-state index contributed by atoms with van der Waals surface area (Å²) in [5.74, 6) is 0. The van der Waals surface area contributed by atoms with Crippen LogP contribution < -0.4 is 4.57 Å². The van der Waals surface area contributed by atoms with E-state index in [4.69, 9.17) is 0 Å². The van der Waals surface area contributed by atoms with Crippen LogP contribution in [0.2, 0.25) is 0 Å². The fourth-order valence-corrected chi connectivity index (χ4v) is 2.32. The quantitative estimate of drug-likeness (QED) is 0.492.